The van der Waals surface area contributed by atoms with Gasteiger partial charge in [0.2, 0.25) is 0 Å². The second-order valence-corrected chi connectivity index (χ2v) is 4.10. The van der Waals surface area contributed by atoms with Crippen molar-refractivity contribution >= 4 is 0 Å². The molecule has 2 atom stereocenters. The first kappa shape index (κ1) is 8.06. The molecule has 1 aliphatic rings. The van der Waals surface area contributed by atoms with Crippen molar-refractivity contribution in [2.24, 2.45) is 11.8 Å². The minimum Gasteiger partial charge on any atom is -0.390 e. The second-order valence-electron chi connectivity index (χ2n) is 4.10. The topological polar surface area (TPSA) is 20.2 Å². The molecule has 0 aliphatic heterocycles. The van der Waals surface area contributed by atoms with E-state index in [1.165, 1.54) is 12.8 Å². The molecule has 10 heavy (non-hydrogen) atoms. The van der Waals surface area contributed by atoms with Crippen LogP contribution in [0, 0.1) is 11.8 Å². The molecule has 60 valence electrons. The molecule has 0 saturated heterocycles. The maximum atomic E-state index is 9.82. The molecule has 1 saturated carbocycles. The van der Waals surface area contributed by atoms with E-state index in [1.54, 1.807) is 0 Å². The molecule has 1 N–H and O–H groups in total. The van der Waals surface area contributed by atoms with Gasteiger partial charge in [0.25, 0.3) is 0 Å². The molecule has 0 bridgehead atoms. The summed E-state index contributed by atoms with van der Waals surface area (Å²) in [6.07, 6.45) is 3.41. The van der Waals surface area contributed by atoms with Crippen molar-refractivity contribution in [2.45, 2.75) is 45.6 Å². The molecule has 1 heteroatoms. The molecule has 0 heterocycles. The van der Waals surface area contributed by atoms with Gasteiger partial charge in [-0.15, -0.1) is 0 Å². The number of rotatable bonds is 1. The Labute approximate surface area is 63.4 Å². The molecule has 1 rings (SSSR count). The first-order chi connectivity index (χ1) is 4.54. The van der Waals surface area contributed by atoms with Crippen LogP contribution in [-0.4, -0.2) is 10.7 Å². The summed E-state index contributed by atoms with van der Waals surface area (Å²) in [5.74, 6) is 1.17. The molecule has 1 aliphatic carbocycles. The molecular formula is C9H18O. The quantitative estimate of drug-likeness (QED) is 0.595. The summed E-state index contributed by atoms with van der Waals surface area (Å²) in [4.78, 5) is 0. The summed E-state index contributed by atoms with van der Waals surface area (Å²) in [6.45, 7) is 6.37. The summed E-state index contributed by atoms with van der Waals surface area (Å²) >= 11 is 0. The largest absolute Gasteiger partial charge is 0.390 e. The summed E-state index contributed by atoms with van der Waals surface area (Å²) in [5, 5.41) is 9.82. The normalized spacial score (nSPS) is 41.1. The van der Waals surface area contributed by atoms with Gasteiger partial charge in [-0.25, -0.2) is 0 Å². The SMILES string of the molecule is CC(C)C1CCCC1(C)O. The highest BCUT2D eigenvalue weighted by atomic mass is 16.3. The third-order valence-corrected chi connectivity index (χ3v) is 2.80. The lowest BCUT2D eigenvalue weighted by molar-refractivity contribution is 0.00296. The maximum Gasteiger partial charge on any atom is 0.0650 e. The molecule has 0 spiro atoms. The highest BCUT2D eigenvalue weighted by molar-refractivity contribution is 4.89. The smallest absolute Gasteiger partial charge is 0.0650 e. The van der Waals surface area contributed by atoms with Gasteiger partial charge in [0, 0.05) is 0 Å². The average molecular weight is 142 g/mol. The Bertz CT molecular complexity index is 116. The number of aliphatic hydroxyl groups is 1. The van der Waals surface area contributed by atoms with Gasteiger partial charge in [-0.2, -0.15) is 0 Å². The lowest BCUT2D eigenvalue weighted by Gasteiger charge is -2.28. The van der Waals surface area contributed by atoms with E-state index in [1.807, 2.05) is 6.92 Å². The zero-order valence-electron chi connectivity index (χ0n) is 7.22. The van der Waals surface area contributed by atoms with Crippen LogP contribution in [0.1, 0.15) is 40.0 Å². The fourth-order valence-electron chi connectivity index (χ4n) is 2.23. The molecule has 1 fully saturated rings. The van der Waals surface area contributed by atoms with Crippen molar-refractivity contribution in [2.75, 3.05) is 0 Å². The lowest BCUT2D eigenvalue weighted by atomic mass is 9.84. The van der Waals surface area contributed by atoms with Crippen LogP contribution in [0.2, 0.25) is 0 Å². The molecular weight excluding hydrogens is 124 g/mol. The van der Waals surface area contributed by atoms with Gasteiger partial charge in [0.15, 0.2) is 0 Å². The van der Waals surface area contributed by atoms with Crippen LogP contribution in [0.5, 0.6) is 0 Å². The van der Waals surface area contributed by atoms with Gasteiger partial charge in [-0.1, -0.05) is 20.3 Å². The first-order valence-electron chi connectivity index (χ1n) is 4.26. The van der Waals surface area contributed by atoms with E-state index in [4.69, 9.17) is 0 Å². The van der Waals surface area contributed by atoms with Gasteiger partial charge in [-0.3, -0.25) is 0 Å². The van der Waals surface area contributed by atoms with Crippen molar-refractivity contribution in [3.8, 4) is 0 Å². The number of hydrogen-bond acceptors (Lipinski definition) is 1. The highest BCUT2D eigenvalue weighted by Gasteiger charge is 2.37. The molecule has 0 aromatic rings. The number of hydrogen-bond donors (Lipinski definition) is 1. The summed E-state index contributed by atoms with van der Waals surface area (Å²) in [5.41, 5.74) is -0.367. The Morgan fingerprint density at radius 3 is 2.30 bits per heavy atom. The highest BCUT2D eigenvalue weighted by Crippen LogP contribution is 2.39. The second kappa shape index (κ2) is 2.54. The monoisotopic (exact) mass is 142 g/mol. The summed E-state index contributed by atoms with van der Waals surface area (Å²) < 4.78 is 0. The van der Waals surface area contributed by atoms with Crippen LogP contribution in [-0.2, 0) is 0 Å². The third-order valence-electron chi connectivity index (χ3n) is 2.80. The Hall–Kier alpha value is -0.0400. The van der Waals surface area contributed by atoms with Crippen molar-refractivity contribution in [1.29, 1.82) is 0 Å². The van der Waals surface area contributed by atoms with Gasteiger partial charge in [0.05, 0.1) is 5.60 Å². The van der Waals surface area contributed by atoms with Crippen LogP contribution in [0.4, 0.5) is 0 Å². The zero-order chi connectivity index (χ0) is 7.78. The van der Waals surface area contributed by atoms with E-state index in [2.05, 4.69) is 13.8 Å². The molecule has 0 aromatic heterocycles. The standard InChI is InChI=1S/C9H18O/c1-7(2)8-5-4-6-9(8,3)10/h7-8,10H,4-6H2,1-3H3. The molecule has 1 nitrogen and oxygen atoms in total. The predicted molar refractivity (Wildman–Crippen MR) is 42.8 cm³/mol. The molecule has 0 radical (unpaired) electrons. The average Bonchev–Trinajstić information content (AvgIpc) is 2.08. The van der Waals surface area contributed by atoms with E-state index < -0.39 is 0 Å². The minimum absolute atomic E-state index is 0.367. The van der Waals surface area contributed by atoms with Crippen molar-refractivity contribution < 1.29 is 5.11 Å². The lowest BCUT2D eigenvalue weighted by Crippen LogP contribution is -2.32. The predicted octanol–water partition coefficient (Wildman–Crippen LogP) is 2.19. The fourth-order valence-corrected chi connectivity index (χ4v) is 2.23. The molecule has 0 amide bonds. The van der Waals surface area contributed by atoms with Gasteiger partial charge < -0.3 is 5.11 Å². The van der Waals surface area contributed by atoms with Crippen molar-refractivity contribution in [3.05, 3.63) is 0 Å². The van der Waals surface area contributed by atoms with E-state index in [0.717, 1.165) is 6.42 Å². The third kappa shape index (κ3) is 1.34. The molecule has 0 aromatic carbocycles. The van der Waals surface area contributed by atoms with Crippen molar-refractivity contribution in [1.82, 2.24) is 0 Å². The van der Waals surface area contributed by atoms with Gasteiger partial charge >= 0.3 is 0 Å². The van der Waals surface area contributed by atoms with Gasteiger partial charge in [0.1, 0.15) is 0 Å². The van der Waals surface area contributed by atoms with Crippen LogP contribution in [0.3, 0.4) is 0 Å². The Balaban J connectivity index is 2.59. The Kier molecular flexibility index (Phi) is 2.04. The maximum absolute atomic E-state index is 9.82. The zero-order valence-corrected chi connectivity index (χ0v) is 7.22. The van der Waals surface area contributed by atoms with Crippen LogP contribution in [0.15, 0.2) is 0 Å². The molecule has 2 unspecified atom stereocenters. The van der Waals surface area contributed by atoms with Crippen LogP contribution < -0.4 is 0 Å². The summed E-state index contributed by atoms with van der Waals surface area (Å²) in [6, 6.07) is 0. The van der Waals surface area contributed by atoms with Gasteiger partial charge in [-0.05, 0) is 31.6 Å². The van der Waals surface area contributed by atoms with Crippen LogP contribution in [0.25, 0.3) is 0 Å². The van der Waals surface area contributed by atoms with E-state index >= 15 is 0 Å². The van der Waals surface area contributed by atoms with Crippen LogP contribution >= 0.6 is 0 Å². The minimum atomic E-state index is -0.367. The summed E-state index contributed by atoms with van der Waals surface area (Å²) in [7, 11) is 0. The van der Waals surface area contributed by atoms with E-state index in [0.29, 0.717) is 11.8 Å². The first-order valence-corrected chi connectivity index (χ1v) is 4.26. The Morgan fingerprint density at radius 2 is 2.10 bits per heavy atom. The fraction of sp³-hybridized carbons (Fsp3) is 1.00. The van der Waals surface area contributed by atoms with E-state index in [9.17, 15) is 5.11 Å². The Morgan fingerprint density at radius 1 is 1.50 bits per heavy atom. The van der Waals surface area contributed by atoms with Crippen molar-refractivity contribution in [3.63, 3.8) is 0 Å². The van der Waals surface area contributed by atoms with E-state index in [-0.39, 0.29) is 5.60 Å².